The fraction of sp³-hybridized carbons (Fsp3) is 0.417. The monoisotopic (exact) mass is 530 g/mol. The molecule has 0 bridgehead atoms. The van der Waals surface area contributed by atoms with Crippen LogP contribution in [0.2, 0.25) is 0 Å². The van der Waals surface area contributed by atoms with Crippen molar-refractivity contribution in [1.82, 2.24) is 5.32 Å². The minimum absolute atomic E-state index is 0.0832. The molecule has 0 aliphatic rings. The molecule has 0 fully saturated rings. The van der Waals surface area contributed by atoms with Crippen LogP contribution >= 0.6 is 0 Å². The number of halogens is 3. The van der Waals surface area contributed by atoms with E-state index in [1.807, 2.05) is 0 Å². The molecule has 1 amide bonds. The lowest BCUT2D eigenvalue weighted by atomic mass is 10.0. The quantitative estimate of drug-likeness (QED) is 0.354. The van der Waals surface area contributed by atoms with Crippen LogP contribution in [0, 0.1) is 4.78 Å². The number of nitrogens with one attached hydrogen (secondary N) is 2. The molecule has 0 heterocycles. The Morgan fingerprint density at radius 3 is 1.97 bits per heavy atom. The number of hydrogen-bond donors (Lipinski definition) is 3. The number of rotatable bonds is 12. The Hall–Kier alpha value is -3.12. The van der Waals surface area contributed by atoms with Gasteiger partial charge in [-0.1, -0.05) is 60.7 Å². The fourth-order valence-electron chi connectivity index (χ4n) is 2.90. The smallest absolute Gasteiger partial charge is 0.416 e. The summed E-state index contributed by atoms with van der Waals surface area (Å²) in [5, 5.41) is 11.9. The molecule has 0 unspecified atom stereocenters. The van der Waals surface area contributed by atoms with E-state index in [0.29, 0.717) is 18.1 Å². The molecular formula is C24H29F3N2O6S. The average molecular weight is 531 g/mol. The molecule has 2 rings (SSSR count). The third-order valence-electron chi connectivity index (χ3n) is 5.28. The molecular weight excluding hydrogens is 501 g/mol. The molecule has 0 radical (unpaired) electrons. The van der Waals surface area contributed by atoms with Gasteiger partial charge in [-0.15, -0.1) is 0 Å². The van der Waals surface area contributed by atoms with Crippen LogP contribution in [0.25, 0.3) is 0 Å². The van der Waals surface area contributed by atoms with Gasteiger partial charge in [0.05, 0.1) is 0 Å². The normalized spacial score (nSPS) is 15.7. The first-order chi connectivity index (χ1) is 16.8. The van der Waals surface area contributed by atoms with Crippen molar-refractivity contribution in [1.29, 1.82) is 4.78 Å². The summed E-state index contributed by atoms with van der Waals surface area (Å²) in [5.41, 5.74) is -1.74. The molecule has 0 saturated heterocycles. The maximum atomic E-state index is 12.9. The van der Waals surface area contributed by atoms with E-state index >= 15 is 0 Å². The highest BCUT2D eigenvalue weighted by atomic mass is 32.2. The second-order valence-corrected chi connectivity index (χ2v) is 10.8. The Kier molecular flexibility index (Phi) is 10.3. The van der Waals surface area contributed by atoms with Crippen molar-refractivity contribution in [2.24, 2.45) is 0 Å². The van der Waals surface area contributed by atoms with Gasteiger partial charge >= 0.3 is 18.2 Å². The standard InChI is InChI=1S/C24H29F3N2O6S/c1-23(32,24(25,26)27)13-15-36(28,33)14-12-20(21(30)34-16-18-8-4-2-5-9-18)29-22(31)35-17-19-10-6-3-7-11-19/h2-11,20,28,32H,12-17H2,1H3,(H,29,31)/t20-,23-,36+/m0/s1. The zero-order valence-electron chi connectivity index (χ0n) is 19.6. The highest BCUT2D eigenvalue weighted by Crippen LogP contribution is 2.33. The Morgan fingerprint density at radius 1 is 0.972 bits per heavy atom. The number of carbonyl (C=O) groups excluding carboxylic acids is 2. The van der Waals surface area contributed by atoms with Crippen LogP contribution in [0.4, 0.5) is 18.0 Å². The largest absolute Gasteiger partial charge is 0.459 e. The number of alkyl halides is 3. The van der Waals surface area contributed by atoms with Crippen LogP contribution in [0.5, 0.6) is 0 Å². The minimum atomic E-state index is -4.95. The second kappa shape index (κ2) is 12.7. The summed E-state index contributed by atoms with van der Waals surface area (Å²) in [5.74, 6) is -2.14. The number of aliphatic hydroxyl groups is 1. The molecule has 0 saturated carbocycles. The predicted molar refractivity (Wildman–Crippen MR) is 126 cm³/mol. The van der Waals surface area contributed by atoms with E-state index < -0.39 is 57.5 Å². The number of ether oxygens (including phenoxy) is 2. The third-order valence-corrected chi connectivity index (χ3v) is 7.04. The van der Waals surface area contributed by atoms with Crippen molar-refractivity contribution in [2.45, 2.75) is 50.8 Å². The lowest BCUT2D eigenvalue weighted by molar-refractivity contribution is -0.253. The Bertz CT molecular complexity index is 1090. The lowest BCUT2D eigenvalue weighted by Gasteiger charge is -2.26. The van der Waals surface area contributed by atoms with Crippen molar-refractivity contribution in [3.05, 3.63) is 71.8 Å². The molecule has 0 spiro atoms. The lowest BCUT2D eigenvalue weighted by Crippen LogP contribution is -2.44. The predicted octanol–water partition coefficient (Wildman–Crippen LogP) is 4.17. The Morgan fingerprint density at radius 2 is 1.47 bits per heavy atom. The number of benzene rings is 2. The number of carbonyl (C=O) groups is 2. The van der Waals surface area contributed by atoms with Crippen molar-refractivity contribution in [2.75, 3.05) is 11.5 Å². The highest BCUT2D eigenvalue weighted by Gasteiger charge is 2.49. The SMILES string of the molecule is C[C@](O)(CC[S@](=N)(=O)CC[C@H](NC(=O)OCc1ccccc1)C(=O)OCc1ccccc1)C(F)(F)F. The molecule has 0 aromatic heterocycles. The molecule has 198 valence electrons. The van der Waals surface area contributed by atoms with Gasteiger partial charge in [0.2, 0.25) is 0 Å². The van der Waals surface area contributed by atoms with Crippen LogP contribution in [0.15, 0.2) is 60.7 Å². The van der Waals surface area contributed by atoms with E-state index in [9.17, 15) is 32.1 Å². The molecule has 3 N–H and O–H groups in total. The first-order valence-corrected chi connectivity index (χ1v) is 12.9. The third kappa shape index (κ3) is 9.86. The van der Waals surface area contributed by atoms with Crippen molar-refractivity contribution in [3.8, 4) is 0 Å². The zero-order chi connectivity index (χ0) is 26.8. The molecule has 36 heavy (non-hydrogen) atoms. The molecule has 0 aliphatic heterocycles. The van der Waals surface area contributed by atoms with Gasteiger partial charge in [0.25, 0.3) is 0 Å². The first-order valence-electron chi connectivity index (χ1n) is 11.0. The van der Waals surface area contributed by atoms with Crippen LogP contribution in [0.3, 0.4) is 0 Å². The minimum Gasteiger partial charge on any atom is -0.459 e. The molecule has 8 nitrogen and oxygen atoms in total. The summed E-state index contributed by atoms with van der Waals surface area (Å²) >= 11 is 0. The zero-order valence-corrected chi connectivity index (χ0v) is 20.4. The Labute approximate surface area is 207 Å². The summed E-state index contributed by atoms with van der Waals surface area (Å²) in [6.07, 6.45) is -7.20. The molecule has 2 aromatic carbocycles. The van der Waals surface area contributed by atoms with Gasteiger partial charge in [-0.3, -0.25) is 4.78 Å². The van der Waals surface area contributed by atoms with Gasteiger partial charge in [0.1, 0.15) is 19.3 Å². The van der Waals surface area contributed by atoms with E-state index in [1.165, 1.54) is 0 Å². The second-order valence-electron chi connectivity index (χ2n) is 8.38. The number of hydrogen-bond acceptors (Lipinski definition) is 7. The molecule has 0 aliphatic carbocycles. The van der Waals surface area contributed by atoms with E-state index in [-0.39, 0.29) is 19.6 Å². The van der Waals surface area contributed by atoms with Gasteiger partial charge in [-0.25, -0.2) is 13.8 Å². The van der Waals surface area contributed by atoms with Crippen LogP contribution in [0.1, 0.15) is 30.9 Å². The van der Waals surface area contributed by atoms with E-state index in [0.717, 1.165) is 0 Å². The maximum absolute atomic E-state index is 12.9. The maximum Gasteiger partial charge on any atom is 0.416 e. The van der Waals surface area contributed by atoms with Crippen LogP contribution in [-0.4, -0.2) is 50.7 Å². The number of esters is 1. The molecule has 3 atom stereocenters. The summed E-state index contributed by atoms with van der Waals surface area (Å²) in [7, 11) is -3.62. The summed E-state index contributed by atoms with van der Waals surface area (Å²) in [4.78, 5) is 24.9. The van der Waals surface area contributed by atoms with E-state index in [4.69, 9.17) is 14.3 Å². The van der Waals surface area contributed by atoms with Crippen molar-refractivity contribution in [3.63, 3.8) is 0 Å². The summed E-state index contributed by atoms with van der Waals surface area (Å²) in [6, 6.07) is 16.1. The summed E-state index contributed by atoms with van der Waals surface area (Å²) in [6.45, 7) is 0.346. The average Bonchev–Trinajstić information content (AvgIpc) is 2.83. The van der Waals surface area contributed by atoms with Gasteiger partial charge in [-0.05, 0) is 30.9 Å². The highest BCUT2D eigenvalue weighted by molar-refractivity contribution is 7.92. The number of alkyl carbamates (subject to hydrolysis) is 1. The summed E-state index contributed by atoms with van der Waals surface area (Å²) < 4.78 is 69.4. The van der Waals surface area contributed by atoms with Crippen LogP contribution < -0.4 is 5.32 Å². The van der Waals surface area contributed by atoms with Crippen molar-refractivity contribution >= 4 is 21.8 Å². The Balaban J connectivity index is 2.01. The van der Waals surface area contributed by atoms with Gasteiger partial charge in [-0.2, -0.15) is 13.2 Å². The molecule has 12 heteroatoms. The van der Waals surface area contributed by atoms with Crippen molar-refractivity contribution < 1.29 is 41.5 Å². The molecule has 2 aromatic rings. The van der Waals surface area contributed by atoms with E-state index in [1.54, 1.807) is 60.7 Å². The first kappa shape index (κ1) is 29.1. The van der Waals surface area contributed by atoms with Gasteiger partial charge < -0.3 is 19.9 Å². The topological polar surface area (TPSA) is 126 Å². The van der Waals surface area contributed by atoms with Crippen LogP contribution in [-0.2, 0) is 37.2 Å². The van der Waals surface area contributed by atoms with Gasteiger partial charge in [0, 0.05) is 21.2 Å². The number of amides is 1. The van der Waals surface area contributed by atoms with Gasteiger partial charge in [0.15, 0.2) is 5.60 Å². The fourth-order valence-corrected chi connectivity index (χ4v) is 4.45. The van der Waals surface area contributed by atoms with E-state index in [2.05, 4.69) is 5.32 Å².